The maximum absolute atomic E-state index is 11.9. The maximum atomic E-state index is 11.9. The highest BCUT2D eigenvalue weighted by molar-refractivity contribution is 6.23. The van der Waals surface area contributed by atoms with Crippen molar-refractivity contribution < 1.29 is 19.8 Å². The van der Waals surface area contributed by atoms with Crippen LogP contribution in [-0.2, 0) is 11.2 Å². The summed E-state index contributed by atoms with van der Waals surface area (Å²) in [5, 5.41) is 27.1. The van der Waals surface area contributed by atoms with Crippen molar-refractivity contribution in [3.63, 3.8) is 0 Å². The lowest BCUT2D eigenvalue weighted by Crippen LogP contribution is -2.18. The fraction of sp³-hybridized carbons (Fsp3) is 0.276. The van der Waals surface area contributed by atoms with Gasteiger partial charge in [0.25, 0.3) is 0 Å². The standard InChI is InChI=1S/C29H29NO4/c31-25-18-19-26(32)30(25)34-27(33)11-6-4-2-1-3-5-8-20-12-13-23-15-14-21-9-7-10-22-16-17-24(20)29(23)28(21)22/h7,9-10,12-19,31-32H,1-6,8,11H2. The first-order chi connectivity index (χ1) is 16.6. The summed E-state index contributed by atoms with van der Waals surface area (Å²) in [7, 11) is 0. The Hall–Kier alpha value is -3.73. The molecule has 0 amide bonds. The predicted molar refractivity (Wildman–Crippen MR) is 136 cm³/mol. The van der Waals surface area contributed by atoms with Gasteiger partial charge in [0.2, 0.25) is 11.8 Å². The molecule has 34 heavy (non-hydrogen) atoms. The lowest BCUT2D eigenvalue weighted by Gasteiger charge is -2.14. The van der Waals surface area contributed by atoms with Crippen LogP contribution in [0.5, 0.6) is 11.8 Å². The third-order valence-corrected chi connectivity index (χ3v) is 6.69. The number of aromatic nitrogens is 1. The summed E-state index contributed by atoms with van der Waals surface area (Å²) in [5.74, 6) is -1.05. The second-order valence-corrected chi connectivity index (χ2v) is 9.01. The summed E-state index contributed by atoms with van der Waals surface area (Å²) in [6.45, 7) is 0. The molecule has 5 rings (SSSR count). The van der Waals surface area contributed by atoms with Gasteiger partial charge in [-0.3, -0.25) is 0 Å². The summed E-state index contributed by atoms with van der Waals surface area (Å²) in [4.78, 5) is 16.8. The first-order valence-corrected chi connectivity index (χ1v) is 12.1. The minimum Gasteiger partial charge on any atom is -0.492 e. The number of benzene rings is 4. The van der Waals surface area contributed by atoms with Gasteiger partial charge in [-0.05, 0) is 57.1 Å². The van der Waals surface area contributed by atoms with Crippen molar-refractivity contribution in [2.75, 3.05) is 0 Å². The number of nitrogens with zero attached hydrogens (tertiary/aromatic N) is 1. The molecule has 0 fully saturated rings. The van der Waals surface area contributed by atoms with E-state index in [4.69, 9.17) is 4.84 Å². The molecular weight excluding hydrogens is 426 g/mol. The quantitative estimate of drug-likeness (QED) is 0.181. The van der Waals surface area contributed by atoms with Crippen LogP contribution >= 0.6 is 0 Å². The van der Waals surface area contributed by atoms with Gasteiger partial charge < -0.3 is 15.1 Å². The van der Waals surface area contributed by atoms with E-state index in [1.54, 1.807) is 0 Å². The van der Waals surface area contributed by atoms with E-state index < -0.39 is 5.97 Å². The number of rotatable bonds is 10. The summed E-state index contributed by atoms with van der Waals surface area (Å²) in [6.07, 6.45) is 7.56. The third kappa shape index (κ3) is 4.38. The summed E-state index contributed by atoms with van der Waals surface area (Å²) in [5.41, 5.74) is 1.42. The van der Waals surface area contributed by atoms with Gasteiger partial charge >= 0.3 is 5.97 Å². The SMILES string of the molecule is O=C(CCCCCCCCc1ccc2ccc3cccc4ccc1c2c34)On1c(O)ccc1O. The van der Waals surface area contributed by atoms with E-state index in [9.17, 15) is 15.0 Å². The smallest absolute Gasteiger partial charge is 0.333 e. The maximum Gasteiger partial charge on any atom is 0.333 e. The van der Waals surface area contributed by atoms with Gasteiger partial charge in [-0.15, -0.1) is 4.73 Å². The molecule has 0 unspecified atom stereocenters. The highest BCUT2D eigenvalue weighted by Gasteiger charge is 2.12. The number of carbonyl (C=O) groups excluding carboxylic acids is 1. The zero-order valence-electron chi connectivity index (χ0n) is 19.2. The van der Waals surface area contributed by atoms with Crippen LogP contribution in [0.2, 0.25) is 0 Å². The van der Waals surface area contributed by atoms with Crippen molar-refractivity contribution >= 4 is 38.3 Å². The van der Waals surface area contributed by atoms with Crippen LogP contribution in [0.25, 0.3) is 32.3 Å². The molecule has 174 valence electrons. The summed E-state index contributed by atoms with van der Waals surface area (Å²) in [6, 6.07) is 22.6. The predicted octanol–water partition coefficient (Wildman–Crippen LogP) is 6.73. The van der Waals surface area contributed by atoms with Crippen molar-refractivity contribution in [3.05, 3.63) is 72.3 Å². The van der Waals surface area contributed by atoms with Crippen LogP contribution < -0.4 is 4.84 Å². The topological polar surface area (TPSA) is 71.7 Å². The lowest BCUT2D eigenvalue weighted by atomic mass is 9.90. The minimum atomic E-state index is -0.462. The molecule has 5 nitrogen and oxygen atoms in total. The molecule has 0 atom stereocenters. The first-order valence-electron chi connectivity index (χ1n) is 12.1. The lowest BCUT2D eigenvalue weighted by molar-refractivity contribution is -0.145. The largest absolute Gasteiger partial charge is 0.492 e. The first kappa shape index (κ1) is 22.1. The average molecular weight is 456 g/mol. The van der Waals surface area contributed by atoms with Crippen molar-refractivity contribution in [1.29, 1.82) is 0 Å². The summed E-state index contributed by atoms with van der Waals surface area (Å²) < 4.78 is 0.737. The van der Waals surface area contributed by atoms with Gasteiger partial charge in [0.05, 0.1) is 0 Å². The average Bonchev–Trinajstić information content (AvgIpc) is 3.16. The van der Waals surface area contributed by atoms with Crippen LogP contribution in [0.15, 0.2) is 66.7 Å². The molecule has 0 saturated carbocycles. The van der Waals surface area contributed by atoms with Crippen molar-refractivity contribution in [1.82, 2.24) is 4.73 Å². The molecular formula is C29H29NO4. The highest BCUT2D eigenvalue weighted by atomic mass is 16.7. The Morgan fingerprint density at radius 1 is 0.676 bits per heavy atom. The molecule has 1 aromatic heterocycles. The van der Waals surface area contributed by atoms with Crippen LogP contribution in [0.4, 0.5) is 0 Å². The van der Waals surface area contributed by atoms with E-state index in [1.807, 2.05) is 0 Å². The molecule has 0 aliphatic rings. The Balaban J connectivity index is 1.08. The Morgan fingerprint density at radius 3 is 2.00 bits per heavy atom. The van der Waals surface area contributed by atoms with E-state index in [1.165, 1.54) is 50.0 Å². The molecule has 5 aromatic rings. The fourth-order valence-corrected chi connectivity index (χ4v) is 4.95. The Labute approximate surface area is 198 Å². The van der Waals surface area contributed by atoms with Crippen molar-refractivity contribution in [2.24, 2.45) is 0 Å². The zero-order chi connectivity index (χ0) is 23.5. The molecule has 0 aliphatic heterocycles. The Kier molecular flexibility index (Phi) is 6.26. The Morgan fingerprint density at radius 2 is 1.26 bits per heavy atom. The monoisotopic (exact) mass is 455 g/mol. The van der Waals surface area contributed by atoms with Gasteiger partial charge in [0.1, 0.15) is 0 Å². The second-order valence-electron chi connectivity index (χ2n) is 9.01. The zero-order valence-corrected chi connectivity index (χ0v) is 19.2. The second kappa shape index (κ2) is 9.64. The van der Waals surface area contributed by atoms with E-state index in [0.717, 1.165) is 49.7 Å². The number of carbonyl (C=O) groups is 1. The molecule has 0 saturated heterocycles. The molecule has 0 bridgehead atoms. The number of aryl methyl sites for hydroxylation is 1. The van der Waals surface area contributed by atoms with Crippen LogP contribution in [-0.4, -0.2) is 20.9 Å². The van der Waals surface area contributed by atoms with Crippen molar-refractivity contribution in [3.8, 4) is 11.8 Å². The van der Waals surface area contributed by atoms with Gasteiger partial charge in [0.15, 0.2) is 0 Å². The number of hydrogen-bond acceptors (Lipinski definition) is 4. The normalized spacial score (nSPS) is 11.6. The van der Waals surface area contributed by atoms with Gasteiger partial charge in [0, 0.05) is 18.6 Å². The van der Waals surface area contributed by atoms with Gasteiger partial charge in [-0.2, -0.15) is 0 Å². The summed E-state index contributed by atoms with van der Waals surface area (Å²) >= 11 is 0. The van der Waals surface area contributed by atoms with E-state index in [2.05, 4.69) is 54.6 Å². The highest BCUT2D eigenvalue weighted by Crippen LogP contribution is 2.36. The van der Waals surface area contributed by atoms with E-state index >= 15 is 0 Å². The third-order valence-electron chi connectivity index (χ3n) is 6.69. The molecule has 2 N–H and O–H groups in total. The van der Waals surface area contributed by atoms with Crippen molar-refractivity contribution in [2.45, 2.75) is 51.4 Å². The van der Waals surface area contributed by atoms with Gasteiger partial charge in [-0.1, -0.05) is 80.3 Å². The fourth-order valence-electron chi connectivity index (χ4n) is 4.95. The number of aromatic hydroxyl groups is 2. The van der Waals surface area contributed by atoms with Crippen LogP contribution in [0.3, 0.4) is 0 Å². The van der Waals surface area contributed by atoms with Crippen LogP contribution in [0.1, 0.15) is 50.5 Å². The van der Waals surface area contributed by atoms with E-state index in [-0.39, 0.29) is 18.2 Å². The Bertz CT molecular complexity index is 1400. The van der Waals surface area contributed by atoms with E-state index in [0.29, 0.717) is 0 Å². The molecule has 1 heterocycles. The van der Waals surface area contributed by atoms with Gasteiger partial charge in [-0.25, -0.2) is 4.79 Å². The molecule has 5 heteroatoms. The number of unbranched alkanes of at least 4 members (excludes halogenated alkanes) is 5. The molecule has 0 radical (unpaired) electrons. The van der Waals surface area contributed by atoms with Crippen LogP contribution in [0, 0.1) is 0 Å². The minimum absolute atomic E-state index is 0.264. The molecule has 0 spiro atoms. The number of hydrogen-bond donors (Lipinski definition) is 2. The molecule has 4 aromatic carbocycles. The molecule has 0 aliphatic carbocycles.